The van der Waals surface area contributed by atoms with Gasteiger partial charge in [-0.25, -0.2) is 8.42 Å². The largest absolute Gasteiger partial charge is 0.492 e. The van der Waals surface area contributed by atoms with Gasteiger partial charge in [-0.2, -0.15) is 0 Å². The summed E-state index contributed by atoms with van der Waals surface area (Å²) < 4.78 is 28.5. The average Bonchev–Trinajstić information content (AvgIpc) is 2.86. The molecule has 2 rings (SSSR count). The van der Waals surface area contributed by atoms with E-state index in [-0.39, 0.29) is 17.5 Å². The summed E-state index contributed by atoms with van der Waals surface area (Å²) in [6.45, 7) is 1.13. The zero-order chi connectivity index (χ0) is 17.6. The molecule has 2 N–H and O–H groups in total. The van der Waals surface area contributed by atoms with Crippen LogP contribution in [0.25, 0.3) is 0 Å². The highest BCUT2D eigenvalue weighted by Gasteiger charge is 2.28. The van der Waals surface area contributed by atoms with Crippen LogP contribution in [0.15, 0.2) is 23.2 Å². The zero-order valence-corrected chi connectivity index (χ0v) is 15.7. The SMILES string of the molecule is CN=C(NCCCOc1ccc(Cl)cc1Cl)NC1CCS(=O)(=O)C1. The molecule has 1 saturated heterocycles. The molecule has 0 aliphatic carbocycles. The van der Waals surface area contributed by atoms with E-state index in [0.717, 1.165) is 6.42 Å². The minimum atomic E-state index is -2.90. The van der Waals surface area contributed by atoms with Gasteiger partial charge < -0.3 is 15.4 Å². The maximum absolute atomic E-state index is 11.5. The highest BCUT2D eigenvalue weighted by Crippen LogP contribution is 2.27. The molecule has 1 fully saturated rings. The Morgan fingerprint density at radius 3 is 2.83 bits per heavy atom. The minimum absolute atomic E-state index is 0.0784. The Morgan fingerprint density at radius 1 is 1.42 bits per heavy atom. The lowest BCUT2D eigenvalue weighted by Crippen LogP contribution is -2.44. The molecule has 6 nitrogen and oxygen atoms in total. The van der Waals surface area contributed by atoms with E-state index >= 15 is 0 Å². The Kier molecular flexibility index (Phi) is 7.01. The third-order valence-corrected chi connectivity index (χ3v) is 5.86. The summed E-state index contributed by atoms with van der Waals surface area (Å²) in [6, 6.07) is 5.02. The Labute approximate surface area is 152 Å². The van der Waals surface area contributed by atoms with Gasteiger partial charge in [0.15, 0.2) is 15.8 Å². The quantitative estimate of drug-likeness (QED) is 0.439. The molecule has 1 aromatic rings. The first-order chi connectivity index (χ1) is 11.4. The molecule has 0 aromatic heterocycles. The van der Waals surface area contributed by atoms with E-state index in [1.165, 1.54) is 0 Å². The zero-order valence-electron chi connectivity index (χ0n) is 13.4. The Hall–Kier alpha value is -1.18. The average molecular weight is 394 g/mol. The third-order valence-electron chi connectivity index (χ3n) is 3.56. The molecule has 0 amide bonds. The summed E-state index contributed by atoms with van der Waals surface area (Å²) in [5, 5.41) is 7.32. The first-order valence-corrected chi connectivity index (χ1v) is 10.2. The first-order valence-electron chi connectivity index (χ1n) is 7.65. The van der Waals surface area contributed by atoms with Crippen LogP contribution in [-0.4, -0.2) is 52.1 Å². The summed E-state index contributed by atoms with van der Waals surface area (Å²) in [5.74, 6) is 1.59. The summed E-state index contributed by atoms with van der Waals surface area (Å²) in [4.78, 5) is 4.10. The van der Waals surface area contributed by atoms with Crippen molar-refractivity contribution in [3.05, 3.63) is 28.2 Å². The Morgan fingerprint density at radius 2 is 2.21 bits per heavy atom. The smallest absolute Gasteiger partial charge is 0.191 e. The lowest BCUT2D eigenvalue weighted by Gasteiger charge is -2.16. The summed E-state index contributed by atoms with van der Waals surface area (Å²) >= 11 is 11.9. The second-order valence-electron chi connectivity index (χ2n) is 5.52. The first kappa shape index (κ1) is 19.1. The lowest BCUT2D eigenvalue weighted by atomic mass is 10.3. The van der Waals surface area contributed by atoms with Gasteiger partial charge in [-0.3, -0.25) is 4.99 Å². The van der Waals surface area contributed by atoms with E-state index in [4.69, 9.17) is 27.9 Å². The number of guanidine groups is 1. The number of sulfone groups is 1. The molecule has 134 valence electrons. The molecule has 0 spiro atoms. The predicted molar refractivity (Wildman–Crippen MR) is 98.1 cm³/mol. The van der Waals surface area contributed by atoms with Crippen molar-refractivity contribution in [3.8, 4) is 5.75 Å². The van der Waals surface area contributed by atoms with Crippen molar-refractivity contribution in [2.45, 2.75) is 18.9 Å². The van der Waals surface area contributed by atoms with Gasteiger partial charge in [0, 0.05) is 24.7 Å². The number of rotatable bonds is 6. The number of ether oxygens (including phenoxy) is 1. The molecule has 1 aromatic carbocycles. The van der Waals surface area contributed by atoms with Gasteiger partial charge in [-0.05, 0) is 31.0 Å². The van der Waals surface area contributed by atoms with Gasteiger partial charge >= 0.3 is 0 Å². The molecular weight excluding hydrogens is 373 g/mol. The van der Waals surface area contributed by atoms with Crippen LogP contribution < -0.4 is 15.4 Å². The van der Waals surface area contributed by atoms with Crippen LogP contribution in [0.1, 0.15) is 12.8 Å². The van der Waals surface area contributed by atoms with Crippen LogP contribution >= 0.6 is 23.2 Å². The van der Waals surface area contributed by atoms with Crippen molar-refractivity contribution in [2.75, 3.05) is 31.7 Å². The molecule has 1 aliphatic rings. The molecular formula is C15H21Cl2N3O3S. The third kappa shape index (κ3) is 6.03. The van der Waals surface area contributed by atoms with Crippen LogP contribution in [0.4, 0.5) is 0 Å². The van der Waals surface area contributed by atoms with Gasteiger partial charge in [0.2, 0.25) is 0 Å². The van der Waals surface area contributed by atoms with Crippen LogP contribution in [0.3, 0.4) is 0 Å². The fraction of sp³-hybridized carbons (Fsp3) is 0.533. The van der Waals surface area contributed by atoms with E-state index in [1.54, 1.807) is 25.2 Å². The number of nitrogens with zero attached hydrogens (tertiary/aromatic N) is 1. The molecule has 0 radical (unpaired) electrons. The van der Waals surface area contributed by atoms with Crippen LogP contribution in [0.2, 0.25) is 10.0 Å². The number of nitrogens with one attached hydrogen (secondary N) is 2. The monoisotopic (exact) mass is 393 g/mol. The maximum Gasteiger partial charge on any atom is 0.191 e. The van der Waals surface area contributed by atoms with E-state index < -0.39 is 9.84 Å². The van der Waals surface area contributed by atoms with Crippen molar-refractivity contribution >= 4 is 39.0 Å². The fourth-order valence-electron chi connectivity index (χ4n) is 2.35. The van der Waals surface area contributed by atoms with E-state index in [1.807, 2.05) is 0 Å². The minimum Gasteiger partial charge on any atom is -0.492 e. The highest BCUT2D eigenvalue weighted by atomic mass is 35.5. The fourth-order valence-corrected chi connectivity index (χ4v) is 4.49. The van der Waals surface area contributed by atoms with Crippen molar-refractivity contribution in [2.24, 2.45) is 4.99 Å². The maximum atomic E-state index is 11.5. The van der Waals surface area contributed by atoms with Crippen molar-refractivity contribution in [1.82, 2.24) is 10.6 Å². The van der Waals surface area contributed by atoms with Crippen LogP contribution in [0, 0.1) is 0 Å². The van der Waals surface area contributed by atoms with Gasteiger partial charge in [-0.15, -0.1) is 0 Å². The van der Waals surface area contributed by atoms with E-state index in [2.05, 4.69) is 15.6 Å². The predicted octanol–water partition coefficient (Wildman–Crippen LogP) is 2.11. The molecule has 9 heteroatoms. The molecule has 0 saturated carbocycles. The van der Waals surface area contributed by atoms with Gasteiger partial charge in [0.05, 0.1) is 23.1 Å². The van der Waals surface area contributed by atoms with Crippen LogP contribution in [0.5, 0.6) is 5.75 Å². The van der Waals surface area contributed by atoms with Gasteiger partial charge in [-0.1, -0.05) is 23.2 Å². The van der Waals surface area contributed by atoms with Crippen LogP contribution in [-0.2, 0) is 9.84 Å². The Bertz CT molecular complexity index is 695. The Balaban J connectivity index is 1.67. The lowest BCUT2D eigenvalue weighted by molar-refractivity contribution is 0.311. The normalized spacial score (nSPS) is 20.0. The van der Waals surface area contributed by atoms with Gasteiger partial charge in [0.1, 0.15) is 5.75 Å². The number of hydrogen-bond acceptors (Lipinski definition) is 4. The van der Waals surface area contributed by atoms with E-state index in [9.17, 15) is 8.42 Å². The number of halogens is 2. The van der Waals surface area contributed by atoms with Gasteiger partial charge in [0.25, 0.3) is 0 Å². The second-order valence-corrected chi connectivity index (χ2v) is 8.59. The summed E-state index contributed by atoms with van der Waals surface area (Å²) in [6.07, 6.45) is 1.35. The number of aliphatic imine (C=N–C) groups is 1. The summed E-state index contributed by atoms with van der Waals surface area (Å²) in [7, 11) is -1.25. The standard InChI is InChI=1S/C15H21Cl2N3O3S/c1-18-15(20-12-5-8-24(21,22)10-12)19-6-2-7-23-14-4-3-11(16)9-13(14)17/h3-4,9,12H,2,5-8,10H2,1H3,(H2,18,19,20). The van der Waals surface area contributed by atoms with Crippen molar-refractivity contribution in [1.29, 1.82) is 0 Å². The highest BCUT2D eigenvalue weighted by molar-refractivity contribution is 7.91. The molecule has 1 unspecified atom stereocenters. The topological polar surface area (TPSA) is 79.8 Å². The number of hydrogen-bond donors (Lipinski definition) is 2. The molecule has 1 aliphatic heterocycles. The summed E-state index contributed by atoms with van der Waals surface area (Å²) in [5.41, 5.74) is 0. The molecule has 24 heavy (non-hydrogen) atoms. The van der Waals surface area contributed by atoms with E-state index in [0.29, 0.717) is 41.3 Å². The second kappa shape index (κ2) is 8.78. The van der Waals surface area contributed by atoms with Crippen molar-refractivity contribution < 1.29 is 13.2 Å². The van der Waals surface area contributed by atoms with Crippen molar-refractivity contribution in [3.63, 3.8) is 0 Å². The number of benzene rings is 1. The molecule has 1 heterocycles. The molecule has 0 bridgehead atoms. The molecule has 1 atom stereocenters.